The molecule has 120 valence electrons. The molecule has 0 bridgehead atoms. The summed E-state index contributed by atoms with van der Waals surface area (Å²) >= 11 is 0. The molecule has 1 aromatic heterocycles. The Morgan fingerprint density at radius 1 is 1.08 bits per heavy atom. The highest BCUT2D eigenvalue weighted by atomic mass is 16.4. The molecule has 0 aliphatic carbocycles. The Bertz CT molecular complexity index is 926. The lowest BCUT2D eigenvalue weighted by atomic mass is 10.1. The van der Waals surface area contributed by atoms with E-state index in [-0.39, 0.29) is 5.91 Å². The molecule has 0 atom stereocenters. The zero-order valence-electron chi connectivity index (χ0n) is 13.1. The van der Waals surface area contributed by atoms with Crippen LogP contribution in [0.2, 0.25) is 0 Å². The quantitative estimate of drug-likeness (QED) is 0.722. The van der Waals surface area contributed by atoms with Crippen molar-refractivity contribution < 1.29 is 14.7 Å². The molecule has 2 aromatic carbocycles. The highest BCUT2D eigenvalue weighted by Crippen LogP contribution is 2.21. The van der Waals surface area contributed by atoms with E-state index in [4.69, 9.17) is 5.11 Å². The van der Waals surface area contributed by atoms with Gasteiger partial charge in [-0.25, -0.2) is 4.79 Å². The summed E-state index contributed by atoms with van der Waals surface area (Å²) in [6.07, 6.45) is 2.61. The van der Waals surface area contributed by atoms with Crippen molar-refractivity contribution in [2.45, 2.75) is 0 Å². The molecule has 0 saturated heterocycles. The topological polar surface area (TPSA) is 73.4 Å². The molecule has 3 rings (SSSR count). The number of H-pyrrole nitrogens is 1. The van der Waals surface area contributed by atoms with Crippen molar-refractivity contribution in [1.29, 1.82) is 0 Å². The summed E-state index contributed by atoms with van der Waals surface area (Å²) in [5.74, 6) is -1.13. The van der Waals surface area contributed by atoms with Crippen LogP contribution in [0.1, 0.15) is 16.1 Å². The van der Waals surface area contributed by atoms with Crippen LogP contribution in [0.3, 0.4) is 0 Å². The first kappa shape index (κ1) is 15.6. The van der Waals surface area contributed by atoms with E-state index in [1.807, 2.05) is 42.5 Å². The largest absolute Gasteiger partial charge is 0.478 e. The van der Waals surface area contributed by atoms with Gasteiger partial charge in [-0.15, -0.1) is 0 Å². The van der Waals surface area contributed by atoms with Gasteiger partial charge in [0.2, 0.25) is 0 Å². The zero-order chi connectivity index (χ0) is 17.1. The van der Waals surface area contributed by atoms with Crippen LogP contribution in [0.5, 0.6) is 0 Å². The van der Waals surface area contributed by atoms with E-state index in [1.165, 1.54) is 6.08 Å². The number of aromatic amines is 1. The van der Waals surface area contributed by atoms with Crippen LogP contribution in [0.15, 0.2) is 60.7 Å². The molecule has 0 aliphatic rings. The number of hydrogen-bond donors (Lipinski definition) is 2. The lowest BCUT2D eigenvalue weighted by Crippen LogP contribution is -2.26. The van der Waals surface area contributed by atoms with Gasteiger partial charge < -0.3 is 15.0 Å². The Labute approximate surface area is 138 Å². The van der Waals surface area contributed by atoms with Gasteiger partial charge in [-0.3, -0.25) is 4.79 Å². The summed E-state index contributed by atoms with van der Waals surface area (Å²) in [6, 6.07) is 16.6. The first-order valence-electron chi connectivity index (χ1n) is 7.41. The zero-order valence-corrected chi connectivity index (χ0v) is 13.1. The maximum atomic E-state index is 12.6. The Morgan fingerprint density at radius 3 is 2.54 bits per heavy atom. The van der Waals surface area contributed by atoms with Gasteiger partial charge in [0, 0.05) is 29.7 Å². The number of anilines is 1. The van der Waals surface area contributed by atoms with Crippen LogP contribution in [0, 0.1) is 0 Å². The lowest BCUT2D eigenvalue weighted by Gasteiger charge is -2.16. The highest BCUT2D eigenvalue weighted by molar-refractivity contribution is 6.07. The predicted octanol–water partition coefficient (Wildman–Crippen LogP) is 3.54. The van der Waals surface area contributed by atoms with E-state index in [1.54, 1.807) is 24.1 Å². The second kappa shape index (κ2) is 6.42. The lowest BCUT2D eigenvalue weighted by molar-refractivity contribution is -0.131. The Morgan fingerprint density at radius 2 is 1.83 bits per heavy atom. The number of para-hydroxylation sites is 1. The van der Waals surface area contributed by atoms with Gasteiger partial charge in [0.15, 0.2) is 0 Å². The molecular weight excluding hydrogens is 304 g/mol. The molecule has 1 amide bonds. The number of carboxylic acids is 1. The normalized spacial score (nSPS) is 11.0. The third-order valence-corrected chi connectivity index (χ3v) is 3.74. The SMILES string of the molecule is CN(C(=O)c1cc2cc(/C=C/C(=O)O)ccc2[nH]1)c1ccccc1. The van der Waals surface area contributed by atoms with E-state index < -0.39 is 5.97 Å². The molecule has 5 nitrogen and oxygen atoms in total. The molecule has 2 N–H and O–H groups in total. The second-order valence-corrected chi connectivity index (χ2v) is 5.40. The molecule has 0 aliphatic heterocycles. The van der Waals surface area contributed by atoms with Gasteiger partial charge in [0.1, 0.15) is 5.69 Å². The standard InChI is InChI=1S/C19H16N2O3/c1-21(15-5-3-2-4-6-15)19(24)17-12-14-11-13(8-10-18(22)23)7-9-16(14)20-17/h2-12,20H,1H3,(H,22,23)/b10-8+. The minimum Gasteiger partial charge on any atom is -0.478 e. The maximum absolute atomic E-state index is 12.6. The number of carboxylic acid groups (broad SMARTS) is 1. The summed E-state index contributed by atoms with van der Waals surface area (Å²) in [5.41, 5.74) is 2.88. The van der Waals surface area contributed by atoms with E-state index in [9.17, 15) is 9.59 Å². The van der Waals surface area contributed by atoms with Gasteiger partial charge in [0.25, 0.3) is 5.91 Å². The number of hydrogen-bond acceptors (Lipinski definition) is 2. The first-order valence-corrected chi connectivity index (χ1v) is 7.41. The molecule has 24 heavy (non-hydrogen) atoms. The highest BCUT2D eigenvalue weighted by Gasteiger charge is 2.15. The van der Waals surface area contributed by atoms with Gasteiger partial charge in [-0.05, 0) is 42.0 Å². The average molecular weight is 320 g/mol. The Hall–Kier alpha value is -3.34. The van der Waals surface area contributed by atoms with Crippen LogP contribution in [-0.4, -0.2) is 29.0 Å². The number of carbonyl (C=O) groups is 2. The van der Waals surface area contributed by atoms with Crippen molar-refractivity contribution in [2.75, 3.05) is 11.9 Å². The maximum Gasteiger partial charge on any atom is 0.328 e. The number of nitrogens with zero attached hydrogens (tertiary/aromatic N) is 1. The summed E-state index contributed by atoms with van der Waals surface area (Å²) < 4.78 is 0. The van der Waals surface area contributed by atoms with Crippen molar-refractivity contribution in [3.8, 4) is 0 Å². The van der Waals surface area contributed by atoms with E-state index >= 15 is 0 Å². The number of amides is 1. The van der Waals surface area contributed by atoms with Crippen LogP contribution < -0.4 is 4.90 Å². The smallest absolute Gasteiger partial charge is 0.328 e. The molecule has 0 radical (unpaired) electrons. The minimum atomic E-state index is -0.996. The Kier molecular flexibility index (Phi) is 4.16. The number of carbonyl (C=O) groups excluding carboxylic acids is 1. The number of aliphatic carboxylic acids is 1. The van der Waals surface area contributed by atoms with E-state index in [2.05, 4.69) is 4.98 Å². The van der Waals surface area contributed by atoms with Crippen LogP contribution in [0.4, 0.5) is 5.69 Å². The Balaban J connectivity index is 1.90. The van der Waals surface area contributed by atoms with Crippen LogP contribution in [-0.2, 0) is 4.79 Å². The number of rotatable bonds is 4. The summed E-state index contributed by atoms with van der Waals surface area (Å²) in [7, 11) is 1.73. The van der Waals surface area contributed by atoms with Gasteiger partial charge in [-0.1, -0.05) is 24.3 Å². The van der Waals surface area contributed by atoms with Gasteiger partial charge in [-0.2, -0.15) is 0 Å². The fourth-order valence-electron chi connectivity index (χ4n) is 2.49. The third-order valence-electron chi connectivity index (χ3n) is 3.74. The molecular formula is C19H16N2O3. The molecule has 0 fully saturated rings. The van der Waals surface area contributed by atoms with Crippen molar-refractivity contribution in [2.24, 2.45) is 0 Å². The number of fused-ring (bicyclic) bond motifs is 1. The molecule has 0 unspecified atom stereocenters. The predicted molar refractivity (Wildman–Crippen MR) is 94.1 cm³/mol. The van der Waals surface area contributed by atoms with Crippen molar-refractivity contribution >= 4 is 34.5 Å². The van der Waals surface area contributed by atoms with Crippen molar-refractivity contribution in [1.82, 2.24) is 4.98 Å². The van der Waals surface area contributed by atoms with Crippen LogP contribution >= 0.6 is 0 Å². The fraction of sp³-hybridized carbons (Fsp3) is 0.0526. The molecule has 3 aromatic rings. The van der Waals surface area contributed by atoms with Gasteiger partial charge >= 0.3 is 5.97 Å². The molecule has 0 saturated carbocycles. The van der Waals surface area contributed by atoms with Crippen molar-refractivity contribution in [3.63, 3.8) is 0 Å². The summed E-state index contributed by atoms with van der Waals surface area (Å²) in [6.45, 7) is 0. The fourth-order valence-corrected chi connectivity index (χ4v) is 2.49. The van der Waals surface area contributed by atoms with Gasteiger partial charge in [0.05, 0.1) is 0 Å². The average Bonchev–Trinajstić information content (AvgIpc) is 3.02. The van der Waals surface area contributed by atoms with E-state index in [0.717, 1.165) is 28.2 Å². The molecule has 1 heterocycles. The first-order chi connectivity index (χ1) is 11.5. The molecule has 5 heteroatoms. The second-order valence-electron chi connectivity index (χ2n) is 5.40. The monoisotopic (exact) mass is 320 g/mol. The summed E-state index contributed by atoms with van der Waals surface area (Å²) in [5, 5.41) is 9.55. The van der Waals surface area contributed by atoms with Crippen molar-refractivity contribution in [3.05, 3.63) is 71.9 Å². The third kappa shape index (κ3) is 3.20. The van der Waals surface area contributed by atoms with Crippen LogP contribution in [0.25, 0.3) is 17.0 Å². The number of aromatic nitrogens is 1. The number of benzene rings is 2. The van der Waals surface area contributed by atoms with E-state index in [0.29, 0.717) is 5.69 Å². The molecule has 0 spiro atoms. The summed E-state index contributed by atoms with van der Waals surface area (Å²) in [4.78, 5) is 27.9. The number of nitrogens with one attached hydrogen (secondary N) is 1. The minimum absolute atomic E-state index is 0.139.